The van der Waals surface area contributed by atoms with Crippen LogP contribution < -0.4 is 4.74 Å². The van der Waals surface area contributed by atoms with Gasteiger partial charge >= 0.3 is 5.97 Å². The number of ether oxygens (including phenoxy) is 1. The number of hydrogen-bond acceptors (Lipinski definition) is 4. The number of aliphatic hydroxyl groups is 1. The number of carboxylic acids is 1. The van der Waals surface area contributed by atoms with Crippen molar-refractivity contribution in [1.29, 1.82) is 0 Å². The zero-order valence-corrected chi connectivity index (χ0v) is 11.9. The Morgan fingerprint density at radius 2 is 2.19 bits per heavy atom. The third-order valence-corrected chi connectivity index (χ3v) is 3.55. The summed E-state index contributed by atoms with van der Waals surface area (Å²) in [5.74, 6) is -0.956. The Labute approximate surface area is 122 Å². The normalized spacial score (nSPS) is 21.3. The van der Waals surface area contributed by atoms with E-state index in [-0.39, 0.29) is 19.6 Å². The van der Waals surface area contributed by atoms with Gasteiger partial charge in [-0.15, -0.1) is 0 Å². The summed E-state index contributed by atoms with van der Waals surface area (Å²) < 4.78 is 5.42. The highest BCUT2D eigenvalue weighted by molar-refractivity contribution is 5.85. The van der Waals surface area contributed by atoms with E-state index in [4.69, 9.17) is 9.84 Å². The lowest BCUT2D eigenvalue weighted by molar-refractivity contribution is -0.148. The molecule has 2 N–H and O–H groups in total. The van der Waals surface area contributed by atoms with E-state index in [1.54, 1.807) is 6.07 Å². The van der Waals surface area contributed by atoms with Gasteiger partial charge in [0.15, 0.2) is 6.61 Å². The number of carboxylic acid groups (broad SMARTS) is 1. The molecular weight excluding hydrogens is 274 g/mol. The van der Waals surface area contributed by atoms with Gasteiger partial charge in [-0.25, -0.2) is 4.79 Å². The van der Waals surface area contributed by atoms with Crippen LogP contribution in [0.15, 0.2) is 24.3 Å². The summed E-state index contributed by atoms with van der Waals surface area (Å²) in [5, 5.41) is 18.6. The van der Waals surface area contributed by atoms with E-state index in [1.807, 2.05) is 25.1 Å². The predicted octanol–water partition coefficient (Wildman–Crippen LogP) is 0.674. The molecule has 1 heterocycles. The fraction of sp³-hybridized carbons (Fsp3) is 0.467. The van der Waals surface area contributed by atoms with Crippen molar-refractivity contribution < 1.29 is 24.5 Å². The molecule has 0 aliphatic carbocycles. The van der Waals surface area contributed by atoms with Gasteiger partial charge in [0.2, 0.25) is 0 Å². The monoisotopic (exact) mass is 293 g/mol. The van der Waals surface area contributed by atoms with Gasteiger partial charge in [0, 0.05) is 13.0 Å². The van der Waals surface area contributed by atoms with Crippen LogP contribution >= 0.6 is 0 Å². The number of likely N-dealkylation sites (tertiary alicyclic amines) is 1. The van der Waals surface area contributed by atoms with E-state index in [1.165, 1.54) is 0 Å². The first-order valence-corrected chi connectivity index (χ1v) is 6.93. The van der Waals surface area contributed by atoms with Crippen LogP contribution in [0.5, 0.6) is 5.75 Å². The second-order valence-corrected chi connectivity index (χ2v) is 5.08. The molecular formula is C15H19NO5. The Bertz CT molecular complexity index is 531. The van der Waals surface area contributed by atoms with Crippen molar-refractivity contribution in [2.24, 2.45) is 0 Å². The molecule has 0 radical (unpaired) electrons. The number of amides is 1. The highest BCUT2D eigenvalue weighted by Gasteiger charge is 2.38. The number of benzene rings is 1. The number of aryl methyl sites for hydroxylation is 1. The molecule has 2 atom stereocenters. The van der Waals surface area contributed by atoms with Gasteiger partial charge < -0.3 is 19.8 Å². The standard InChI is InChI=1S/C15H19NO5/c1-2-10-4-3-5-12(6-10)21-9-14(18)16-8-11(17)7-13(16)15(19)20/h3-6,11,13,17H,2,7-9H2,1H3,(H,19,20)/t11-,13-/m0/s1. The summed E-state index contributed by atoms with van der Waals surface area (Å²) in [6.45, 7) is 1.82. The lowest BCUT2D eigenvalue weighted by Crippen LogP contribution is -2.42. The van der Waals surface area contributed by atoms with Crippen LogP contribution in [0.25, 0.3) is 0 Å². The summed E-state index contributed by atoms with van der Waals surface area (Å²) in [6.07, 6.45) is 0.134. The van der Waals surface area contributed by atoms with Crippen LogP contribution in [0.1, 0.15) is 18.9 Å². The molecule has 0 aromatic heterocycles. The lowest BCUT2D eigenvalue weighted by atomic mass is 10.2. The van der Waals surface area contributed by atoms with Crippen molar-refractivity contribution in [3.8, 4) is 5.75 Å². The van der Waals surface area contributed by atoms with E-state index < -0.39 is 24.0 Å². The fourth-order valence-corrected chi connectivity index (χ4v) is 2.41. The van der Waals surface area contributed by atoms with Gasteiger partial charge in [-0.2, -0.15) is 0 Å². The summed E-state index contributed by atoms with van der Waals surface area (Å²) in [4.78, 5) is 24.3. The first-order valence-electron chi connectivity index (χ1n) is 6.93. The zero-order valence-electron chi connectivity index (χ0n) is 11.9. The molecule has 0 saturated carbocycles. The van der Waals surface area contributed by atoms with E-state index in [9.17, 15) is 14.7 Å². The second-order valence-electron chi connectivity index (χ2n) is 5.08. The molecule has 0 bridgehead atoms. The van der Waals surface area contributed by atoms with E-state index in [0.29, 0.717) is 5.75 Å². The maximum absolute atomic E-state index is 12.1. The third-order valence-electron chi connectivity index (χ3n) is 3.55. The summed E-state index contributed by atoms with van der Waals surface area (Å²) in [6, 6.07) is 6.43. The maximum atomic E-state index is 12.1. The molecule has 1 aromatic rings. The largest absolute Gasteiger partial charge is 0.484 e. The molecule has 1 saturated heterocycles. The highest BCUT2D eigenvalue weighted by Crippen LogP contribution is 2.19. The van der Waals surface area contributed by atoms with Crippen molar-refractivity contribution in [3.05, 3.63) is 29.8 Å². The maximum Gasteiger partial charge on any atom is 0.326 e. The Morgan fingerprint density at radius 3 is 2.86 bits per heavy atom. The van der Waals surface area contributed by atoms with Crippen LogP contribution in [-0.4, -0.2) is 52.3 Å². The minimum absolute atomic E-state index is 0.0359. The van der Waals surface area contributed by atoms with E-state index in [2.05, 4.69) is 0 Å². The molecule has 2 rings (SSSR count). The van der Waals surface area contributed by atoms with Gasteiger partial charge in [0.25, 0.3) is 5.91 Å². The number of carbonyl (C=O) groups excluding carboxylic acids is 1. The van der Waals surface area contributed by atoms with Gasteiger partial charge in [0.1, 0.15) is 11.8 Å². The molecule has 0 spiro atoms. The van der Waals surface area contributed by atoms with Crippen molar-refractivity contribution >= 4 is 11.9 Å². The van der Waals surface area contributed by atoms with Gasteiger partial charge in [0.05, 0.1) is 6.10 Å². The minimum atomic E-state index is -1.10. The van der Waals surface area contributed by atoms with Crippen molar-refractivity contribution in [3.63, 3.8) is 0 Å². The molecule has 0 unspecified atom stereocenters. The van der Waals surface area contributed by atoms with Crippen LogP contribution in [0.3, 0.4) is 0 Å². The second kappa shape index (κ2) is 6.58. The lowest BCUT2D eigenvalue weighted by Gasteiger charge is -2.21. The van der Waals surface area contributed by atoms with Crippen LogP contribution in [0, 0.1) is 0 Å². The minimum Gasteiger partial charge on any atom is -0.484 e. The Balaban J connectivity index is 1.96. The number of β-amino-alcohol motifs (C(OH)–C–C–N with tert-alkyl or cyclic N) is 1. The molecule has 6 heteroatoms. The number of aliphatic hydroxyl groups excluding tert-OH is 1. The smallest absolute Gasteiger partial charge is 0.326 e. The molecule has 21 heavy (non-hydrogen) atoms. The molecule has 1 amide bonds. The van der Waals surface area contributed by atoms with Crippen molar-refractivity contribution in [1.82, 2.24) is 4.90 Å². The van der Waals surface area contributed by atoms with Gasteiger partial charge in [-0.05, 0) is 24.1 Å². The molecule has 114 valence electrons. The van der Waals surface area contributed by atoms with Crippen molar-refractivity contribution in [2.75, 3.05) is 13.2 Å². The molecule has 1 aliphatic heterocycles. The average molecular weight is 293 g/mol. The predicted molar refractivity (Wildman–Crippen MR) is 75.1 cm³/mol. The number of rotatable bonds is 5. The molecule has 1 aromatic carbocycles. The van der Waals surface area contributed by atoms with Crippen molar-refractivity contribution in [2.45, 2.75) is 31.9 Å². The molecule has 6 nitrogen and oxygen atoms in total. The average Bonchev–Trinajstić information content (AvgIpc) is 2.87. The SMILES string of the molecule is CCc1cccc(OCC(=O)N2C[C@@H](O)C[C@H]2C(=O)O)c1. The number of aliphatic carboxylic acids is 1. The van der Waals surface area contributed by atoms with Crippen LogP contribution in [0.4, 0.5) is 0 Å². The fourth-order valence-electron chi connectivity index (χ4n) is 2.41. The van der Waals surface area contributed by atoms with E-state index >= 15 is 0 Å². The van der Waals surface area contributed by atoms with Crippen LogP contribution in [-0.2, 0) is 16.0 Å². The molecule has 1 aliphatic rings. The first-order chi connectivity index (χ1) is 10.0. The Morgan fingerprint density at radius 1 is 1.43 bits per heavy atom. The number of hydrogen-bond donors (Lipinski definition) is 2. The van der Waals surface area contributed by atoms with E-state index in [0.717, 1.165) is 16.9 Å². The van der Waals surface area contributed by atoms with Crippen LogP contribution in [0.2, 0.25) is 0 Å². The quantitative estimate of drug-likeness (QED) is 0.833. The third kappa shape index (κ3) is 3.72. The topological polar surface area (TPSA) is 87.1 Å². The molecule has 1 fully saturated rings. The zero-order chi connectivity index (χ0) is 15.4. The van der Waals surface area contributed by atoms with Gasteiger partial charge in [-0.1, -0.05) is 19.1 Å². The number of nitrogens with zero attached hydrogens (tertiary/aromatic N) is 1. The Kier molecular flexibility index (Phi) is 4.80. The summed E-state index contributed by atoms with van der Waals surface area (Å²) >= 11 is 0. The summed E-state index contributed by atoms with van der Waals surface area (Å²) in [7, 11) is 0. The van der Waals surface area contributed by atoms with Gasteiger partial charge in [-0.3, -0.25) is 4.79 Å². The first kappa shape index (κ1) is 15.3. The highest BCUT2D eigenvalue weighted by atomic mass is 16.5. The number of carbonyl (C=O) groups is 2. The Hall–Kier alpha value is -2.08. The summed E-state index contributed by atoms with van der Waals surface area (Å²) in [5.41, 5.74) is 1.10.